The molecule has 88 valence electrons. The third kappa shape index (κ3) is 2.95. The van der Waals surface area contributed by atoms with Gasteiger partial charge in [0.25, 0.3) is 0 Å². The Morgan fingerprint density at radius 2 is 1.94 bits per heavy atom. The van der Waals surface area contributed by atoms with E-state index in [1.165, 1.54) is 0 Å². The highest BCUT2D eigenvalue weighted by atomic mass is 16.5. The summed E-state index contributed by atoms with van der Waals surface area (Å²) in [5, 5.41) is 3.20. The number of pyridine rings is 1. The number of nitrogens with one attached hydrogen (secondary N) is 1. The molecule has 0 saturated carbocycles. The summed E-state index contributed by atoms with van der Waals surface area (Å²) in [6.07, 6.45) is 1.68. The minimum atomic E-state index is 0.557. The van der Waals surface area contributed by atoms with Crippen LogP contribution in [0.25, 0.3) is 0 Å². The number of hydrogen-bond donors (Lipinski definition) is 2. The number of hydrogen-bond acceptors (Lipinski definition) is 4. The zero-order valence-electron chi connectivity index (χ0n) is 9.68. The third-order valence-electron chi connectivity index (χ3n) is 2.43. The number of ether oxygens (including phenoxy) is 1. The van der Waals surface area contributed by atoms with Gasteiger partial charge >= 0.3 is 0 Å². The highest BCUT2D eigenvalue weighted by Gasteiger charge is 1.97. The molecule has 1 aromatic heterocycles. The molecule has 0 atom stereocenters. The minimum absolute atomic E-state index is 0.557. The van der Waals surface area contributed by atoms with E-state index in [0.717, 1.165) is 22.8 Å². The Bertz CT molecular complexity index is 420. The van der Waals surface area contributed by atoms with Crippen LogP contribution in [0.3, 0.4) is 0 Å². The Morgan fingerprint density at radius 3 is 2.47 bits per heavy atom. The third-order valence-corrected chi connectivity index (χ3v) is 2.43. The van der Waals surface area contributed by atoms with Crippen molar-refractivity contribution in [1.29, 1.82) is 0 Å². The van der Waals surface area contributed by atoms with Crippen molar-refractivity contribution in [1.82, 2.24) is 4.98 Å². The van der Waals surface area contributed by atoms with Crippen LogP contribution in [-0.4, -0.2) is 12.1 Å². The summed E-state index contributed by atoms with van der Waals surface area (Å²) < 4.78 is 5.05. The van der Waals surface area contributed by atoms with Gasteiger partial charge in [-0.25, -0.2) is 4.98 Å². The first-order valence-electron chi connectivity index (χ1n) is 5.38. The quantitative estimate of drug-likeness (QED) is 0.844. The summed E-state index contributed by atoms with van der Waals surface area (Å²) in [7, 11) is 1.62. The van der Waals surface area contributed by atoms with Crippen LogP contribution in [0.5, 0.6) is 5.75 Å². The molecule has 2 rings (SSSR count). The maximum absolute atomic E-state index is 5.54. The molecule has 0 unspecified atom stereocenters. The van der Waals surface area contributed by atoms with Gasteiger partial charge < -0.3 is 15.8 Å². The van der Waals surface area contributed by atoms with Crippen molar-refractivity contribution in [3.05, 3.63) is 48.2 Å². The van der Waals surface area contributed by atoms with Crippen molar-refractivity contribution in [2.24, 2.45) is 5.73 Å². The second-order valence-electron chi connectivity index (χ2n) is 3.61. The summed E-state index contributed by atoms with van der Waals surface area (Å²) in [6.45, 7) is 0.557. The molecule has 0 spiro atoms. The van der Waals surface area contributed by atoms with E-state index in [-0.39, 0.29) is 0 Å². The van der Waals surface area contributed by atoms with E-state index in [1.54, 1.807) is 13.3 Å². The van der Waals surface area contributed by atoms with Crippen molar-refractivity contribution in [3.63, 3.8) is 0 Å². The Hall–Kier alpha value is -2.07. The summed E-state index contributed by atoms with van der Waals surface area (Å²) in [5.74, 6) is 1.53. The lowest BCUT2D eigenvalue weighted by atomic mass is 10.2. The van der Waals surface area contributed by atoms with Gasteiger partial charge in [0.2, 0.25) is 0 Å². The first kappa shape index (κ1) is 11.4. The molecule has 0 aliphatic rings. The van der Waals surface area contributed by atoms with Crippen LogP contribution < -0.4 is 15.8 Å². The second-order valence-corrected chi connectivity index (χ2v) is 3.61. The molecule has 3 N–H and O–H groups in total. The average molecular weight is 229 g/mol. The van der Waals surface area contributed by atoms with Crippen LogP contribution in [0, 0.1) is 0 Å². The number of benzene rings is 1. The largest absolute Gasteiger partial charge is 0.495 e. The number of nitrogens with zero attached hydrogens (tertiary/aromatic N) is 1. The number of methoxy groups -OCH3 is 1. The molecule has 2 aromatic rings. The van der Waals surface area contributed by atoms with Crippen LogP contribution in [0.1, 0.15) is 5.56 Å². The van der Waals surface area contributed by atoms with Crippen molar-refractivity contribution in [3.8, 4) is 5.75 Å². The molecule has 0 radical (unpaired) electrons. The lowest BCUT2D eigenvalue weighted by molar-refractivity contribution is 0.413. The lowest BCUT2D eigenvalue weighted by Crippen LogP contribution is -1.97. The van der Waals surface area contributed by atoms with Gasteiger partial charge in [0.15, 0.2) is 0 Å². The summed E-state index contributed by atoms with van der Waals surface area (Å²) in [5.41, 5.74) is 7.63. The fraction of sp³-hybridized carbons (Fsp3) is 0.154. The van der Waals surface area contributed by atoms with Crippen LogP contribution in [-0.2, 0) is 6.54 Å². The van der Waals surface area contributed by atoms with Crippen molar-refractivity contribution in [2.75, 3.05) is 12.4 Å². The maximum atomic E-state index is 5.54. The predicted molar refractivity (Wildman–Crippen MR) is 68.4 cm³/mol. The molecule has 0 aliphatic heterocycles. The van der Waals surface area contributed by atoms with Crippen LogP contribution in [0.4, 0.5) is 11.5 Å². The van der Waals surface area contributed by atoms with Gasteiger partial charge in [-0.05, 0) is 29.8 Å². The Labute approximate surface area is 100 Å². The number of rotatable bonds is 4. The van der Waals surface area contributed by atoms with Gasteiger partial charge in [0, 0.05) is 12.2 Å². The Kier molecular flexibility index (Phi) is 3.57. The fourth-order valence-electron chi connectivity index (χ4n) is 1.45. The highest BCUT2D eigenvalue weighted by Crippen LogP contribution is 2.17. The SMILES string of the molecule is COc1ccc(Nc2ccc(CN)cc2)nc1. The smallest absolute Gasteiger partial charge is 0.137 e. The standard InChI is InChI=1S/C13H15N3O/c1-17-12-6-7-13(15-9-12)16-11-4-2-10(8-14)3-5-11/h2-7,9H,8,14H2,1H3,(H,15,16). The molecule has 4 heteroatoms. The number of anilines is 2. The van der Waals surface area contributed by atoms with E-state index in [0.29, 0.717) is 6.54 Å². The first-order chi connectivity index (χ1) is 8.31. The molecular formula is C13H15N3O. The topological polar surface area (TPSA) is 60.2 Å². The Morgan fingerprint density at radius 1 is 1.18 bits per heavy atom. The van der Waals surface area contributed by atoms with Crippen molar-refractivity contribution >= 4 is 11.5 Å². The van der Waals surface area contributed by atoms with Gasteiger partial charge in [-0.15, -0.1) is 0 Å². The monoisotopic (exact) mass is 229 g/mol. The molecule has 0 fully saturated rings. The molecule has 0 aliphatic carbocycles. The molecule has 1 heterocycles. The molecule has 0 amide bonds. The first-order valence-corrected chi connectivity index (χ1v) is 5.38. The predicted octanol–water partition coefficient (Wildman–Crippen LogP) is 2.29. The fourth-order valence-corrected chi connectivity index (χ4v) is 1.45. The highest BCUT2D eigenvalue weighted by molar-refractivity contribution is 5.56. The zero-order valence-corrected chi connectivity index (χ0v) is 9.68. The average Bonchev–Trinajstić information content (AvgIpc) is 2.40. The van der Waals surface area contributed by atoms with E-state index in [9.17, 15) is 0 Å². The second kappa shape index (κ2) is 5.32. The molecule has 1 aromatic carbocycles. The summed E-state index contributed by atoms with van der Waals surface area (Å²) in [4.78, 5) is 4.23. The molecule has 17 heavy (non-hydrogen) atoms. The molecule has 0 saturated heterocycles. The number of aromatic nitrogens is 1. The van der Waals surface area contributed by atoms with Gasteiger partial charge in [0.05, 0.1) is 13.3 Å². The van der Waals surface area contributed by atoms with Crippen molar-refractivity contribution < 1.29 is 4.74 Å². The minimum Gasteiger partial charge on any atom is -0.495 e. The van der Waals surface area contributed by atoms with Crippen LogP contribution in [0.15, 0.2) is 42.6 Å². The Balaban J connectivity index is 2.08. The molecule has 0 bridgehead atoms. The van der Waals surface area contributed by atoms with Gasteiger partial charge in [-0.2, -0.15) is 0 Å². The van der Waals surface area contributed by atoms with Gasteiger partial charge in [-0.3, -0.25) is 0 Å². The summed E-state index contributed by atoms with van der Waals surface area (Å²) in [6, 6.07) is 11.7. The van der Waals surface area contributed by atoms with Crippen LogP contribution in [0.2, 0.25) is 0 Å². The molecular weight excluding hydrogens is 214 g/mol. The molecule has 4 nitrogen and oxygen atoms in total. The van der Waals surface area contributed by atoms with Crippen LogP contribution >= 0.6 is 0 Å². The van der Waals surface area contributed by atoms with Crippen molar-refractivity contribution in [2.45, 2.75) is 6.54 Å². The summed E-state index contributed by atoms with van der Waals surface area (Å²) >= 11 is 0. The normalized spacial score (nSPS) is 10.0. The van der Waals surface area contributed by atoms with E-state index in [1.807, 2.05) is 36.4 Å². The van der Waals surface area contributed by atoms with Gasteiger partial charge in [0.1, 0.15) is 11.6 Å². The van der Waals surface area contributed by atoms with E-state index in [2.05, 4.69) is 10.3 Å². The van der Waals surface area contributed by atoms with E-state index in [4.69, 9.17) is 10.5 Å². The number of nitrogens with two attached hydrogens (primary N) is 1. The maximum Gasteiger partial charge on any atom is 0.137 e. The zero-order chi connectivity index (χ0) is 12.1. The van der Waals surface area contributed by atoms with Gasteiger partial charge in [-0.1, -0.05) is 12.1 Å². The van der Waals surface area contributed by atoms with E-state index < -0.39 is 0 Å². The lowest BCUT2D eigenvalue weighted by Gasteiger charge is -2.06. The van der Waals surface area contributed by atoms with E-state index >= 15 is 0 Å².